The number of aromatic amines is 1. The zero-order chi connectivity index (χ0) is 12.5. The molecular formula is C11H22N4OS. The number of aromatic nitrogens is 3. The fourth-order valence-corrected chi connectivity index (χ4v) is 2.41. The quantitative estimate of drug-likeness (QED) is 0.520. The summed E-state index contributed by atoms with van der Waals surface area (Å²) in [6.07, 6.45) is 3.21. The van der Waals surface area contributed by atoms with Crippen LogP contribution in [0, 0.1) is 0 Å². The predicted molar refractivity (Wildman–Crippen MR) is 71.6 cm³/mol. The minimum atomic E-state index is -0.0987. The van der Waals surface area contributed by atoms with E-state index in [4.69, 9.17) is 0 Å². The Balaban J connectivity index is 2.29. The molecule has 0 spiro atoms. The molecule has 17 heavy (non-hydrogen) atoms. The zero-order valence-electron chi connectivity index (χ0n) is 10.7. The molecule has 0 saturated carbocycles. The van der Waals surface area contributed by atoms with Crippen LogP contribution in [0.25, 0.3) is 0 Å². The lowest BCUT2D eigenvalue weighted by atomic mass is 10.4. The van der Waals surface area contributed by atoms with Crippen LogP contribution >= 0.6 is 11.8 Å². The van der Waals surface area contributed by atoms with Crippen LogP contribution < -0.4 is 11.0 Å². The van der Waals surface area contributed by atoms with Gasteiger partial charge in [-0.1, -0.05) is 25.6 Å². The number of rotatable bonds is 9. The summed E-state index contributed by atoms with van der Waals surface area (Å²) in [5, 5.41) is 10.7. The molecule has 0 aromatic carbocycles. The van der Waals surface area contributed by atoms with Crippen molar-refractivity contribution in [2.75, 3.05) is 18.8 Å². The summed E-state index contributed by atoms with van der Waals surface area (Å²) in [6.45, 7) is 7.07. The molecule has 0 saturated heterocycles. The molecule has 0 bridgehead atoms. The van der Waals surface area contributed by atoms with Crippen molar-refractivity contribution in [3.05, 3.63) is 10.5 Å². The molecule has 0 fully saturated rings. The largest absolute Gasteiger partial charge is 0.343 e. The molecule has 1 heterocycles. The molecule has 0 aliphatic rings. The Kier molecular flexibility index (Phi) is 7.04. The highest BCUT2D eigenvalue weighted by Crippen LogP contribution is 2.13. The SMILES string of the molecule is CCCNCCCSc1n[nH]c(=O)n1CCC. The Morgan fingerprint density at radius 2 is 2.18 bits per heavy atom. The van der Waals surface area contributed by atoms with Crippen LogP contribution in [0.5, 0.6) is 0 Å². The minimum absolute atomic E-state index is 0.0987. The molecule has 5 nitrogen and oxygen atoms in total. The summed E-state index contributed by atoms with van der Waals surface area (Å²) in [5.41, 5.74) is -0.0987. The first-order valence-electron chi connectivity index (χ1n) is 6.28. The Labute approximate surface area is 106 Å². The van der Waals surface area contributed by atoms with E-state index in [2.05, 4.69) is 29.4 Å². The number of H-pyrrole nitrogens is 1. The average Bonchev–Trinajstić information content (AvgIpc) is 2.66. The van der Waals surface area contributed by atoms with Crippen molar-refractivity contribution in [2.24, 2.45) is 0 Å². The molecule has 1 aromatic heterocycles. The number of nitrogens with one attached hydrogen (secondary N) is 2. The second-order valence-corrected chi connectivity index (χ2v) is 4.98. The fourth-order valence-electron chi connectivity index (χ4n) is 1.50. The first-order valence-corrected chi connectivity index (χ1v) is 7.26. The highest BCUT2D eigenvalue weighted by molar-refractivity contribution is 7.99. The highest BCUT2D eigenvalue weighted by atomic mass is 32.2. The number of thioether (sulfide) groups is 1. The summed E-state index contributed by atoms with van der Waals surface area (Å²) in [7, 11) is 0. The van der Waals surface area contributed by atoms with Crippen LogP contribution in [0.2, 0.25) is 0 Å². The first-order chi connectivity index (χ1) is 8.29. The maximum Gasteiger partial charge on any atom is 0.343 e. The molecule has 0 aliphatic heterocycles. The second kappa shape index (κ2) is 8.36. The maximum atomic E-state index is 11.4. The van der Waals surface area contributed by atoms with Gasteiger partial charge in [0.25, 0.3) is 0 Å². The van der Waals surface area contributed by atoms with Gasteiger partial charge in [-0.2, -0.15) is 0 Å². The van der Waals surface area contributed by atoms with Crippen LogP contribution in [0.3, 0.4) is 0 Å². The van der Waals surface area contributed by atoms with E-state index >= 15 is 0 Å². The van der Waals surface area contributed by atoms with E-state index in [1.807, 2.05) is 0 Å². The molecule has 0 aliphatic carbocycles. The third-order valence-electron chi connectivity index (χ3n) is 2.33. The van der Waals surface area contributed by atoms with Gasteiger partial charge >= 0.3 is 5.69 Å². The van der Waals surface area contributed by atoms with E-state index in [9.17, 15) is 4.79 Å². The first kappa shape index (κ1) is 14.3. The molecule has 6 heteroatoms. The molecule has 1 aromatic rings. The van der Waals surface area contributed by atoms with Gasteiger partial charge in [-0.25, -0.2) is 9.89 Å². The Morgan fingerprint density at radius 3 is 2.88 bits per heavy atom. The van der Waals surface area contributed by atoms with Gasteiger partial charge < -0.3 is 5.32 Å². The van der Waals surface area contributed by atoms with Gasteiger partial charge in [-0.3, -0.25) is 4.57 Å². The van der Waals surface area contributed by atoms with Crippen molar-refractivity contribution in [2.45, 2.75) is 44.8 Å². The lowest BCUT2D eigenvalue weighted by Gasteiger charge is -2.04. The molecule has 2 N–H and O–H groups in total. The summed E-state index contributed by atoms with van der Waals surface area (Å²) >= 11 is 1.65. The molecule has 0 unspecified atom stereocenters. The number of hydrogen-bond acceptors (Lipinski definition) is 4. The zero-order valence-corrected chi connectivity index (χ0v) is 11.5. The highest BCUT2D eigenvalue weighted by Gasteiger charge is 2.06. The third kappa shape index (κ3) is 4.95. The van der Waals surface area contributed by atoms with E-state index in [1.54, 1.807) is 16.3 Å². The molecular weight excluding hydrogens is 236 g/mol. The predicted octanol–water partition coefficient (Wildman–Crippen LogP) is 1.46. The Hall–Kier alpha value is -0.750. The summed E-state index contributed by atoms with van der Waals surface area (Å²) in [5.74, 6) is 0.991. The maximum absolute atomic E-state index is 11.4. The molecule has 1 rings (SSSR count). The van der Waals surface area contributed by atoms with Gasteiger partial charge in [0, 0.05) is 12.3 Å². The van der Waals surface area contributed by atoms with Gasteiger partial charge in [0.15, 0.2) is 5.16 Å². The summed E-state index contributed by atoms with van der Waals surface area (Å²) in [4.78, 5) is 11.4. The van der Waals surface area contributed by atoms with Crippen LogP contribution in [0.4, 0.5) is 0 Å². The number of hydrogen-bond donors (Lipinski definition) is 2. The Morgan fingerprint density at radius 1 is 1.35 bits per heavy atom. The van der Waals surface area contributed by atoms with Gasteiger partial charge in [0.1, 0.15) is 0 Å². The van der Waals surface area contributed by atoms with E-state index in [0.29, 0.717) is 0 Å². The third-order valence-corrected chi connectivity index (χ3v) is 3.39. The minimum Gasteiger partial charge on any atom is -0.317 e. The van der Waals surface area contributed by atoms with Gasteiger partial charge in [-0.15, -0.1) is 5.10 Å². The topological polar surface area (TPSA) is 62.7 Å². The van der Waals surface area contributed by atoms with E-state index in [-0.39, 0.29) is 5.69 Å². The van der Waals surface area contributed by atoms with Gasteiger partial charge in [0.2, 0.25) is 0 Å². The van der Waals surface area contributed by atoms with E-state index < -0.39 is 0 Å². The monoisotopic (exact) mass is 258 g/mol. The smallest absolute Gasteiger partial charge is 0.317 e. The second-order valence-electron chi connectivity index (χ2n) is 3.91. The van der Waals surface area contributed by atoms with Crippen LogP contribution in [0.1, 0.15) is 33.1 Å². The van der Waals surface area contributed by atoms with Crippen LogP contribution in [-0.4, -0.2) is 33.6 Å². The lowest BCUT2D eigenvalue weighted by molar-refractivity contribution is 0.603. The summed E-state index contributed by atoms with van der Waals surface area (Å²) < 4.78 is 1.71. The fraction of sp³-hybridized carbons (Fsp3) is 0.818. The average molecular weight is 258 g/mol. The van der Waals surface area contributed by atoms with E-state index in [1.165, 1.54) is 6.42 Å². The van der Waals surface area contributed by atoms with E-state index in [0.717, 1.165) is 43.4 Å². The van der Waals surface area contributed by atoms with Crippen molar-refractivity contribution in [3.63, 3.8) is 0 Å². The normalized spacial score (nSPS) is 10.9. The summed E-state index contributed by atoms with van der Waals surface area (Å²) in [6, 6.07) is 0. The molecule has 0 radical (unpaired) electrons. The van der Waals surface area contributed by atoms with Crippen molar-refractivity contribution in [1.82, 2.24) is 20.1 Å². The van der Waals surface area contributed by atoms with Crippen molar-refractivity contribution >= 4 is 11.8 Å². The molecule has 0 atom stereocenters. The lowest BCUT2D eigenvalue weighted by Crippen LogP contribution is -2.18. The van der Waals surface area contributed by atoms with Crippen LogP contribution in [-0.2, 0) is 6.54 Å². The van der Waals surface area contributed by atoms with Crippen LogP contribution in [0.15, 0.2) is 9.95 Å². The standard InChI is InChI=1S/C11H22N4OS/c1-3-6-12-7-5-9-17-11-14-13-10(16)15(11)8-4-2/h12H,3-9H2,1-2H3,(H,13,16). The Bertz CT molecular complexity index is 361. The molecule has 98 valence electrons. The van der Waals surface area contributed by atoms with Gasteiger partial charge in [0.05, 0.1) is 0 Å². The molecule has 0 amide bonds. The van der Waals surface area contributed by atoms with Crippen molar-refractivity contribution in [1.29, 1.82) is 0 Å². The van der Waals surface area contributed by atoms with Crippen molar-refractivity contribution < 1.29 is 0 Å². The number of nitrogens with zero attached hydrogens (tertiary/aromatic N) is 2. The van der Waals surface area contributed by atoms with Crippen molar-refractivity contribution in [3.8, 4) is 0 Å². The van der Waals surface area contributed by atoms with Gasteiger partial charge in [-0.05, 0) is 32.4 Å².